The van der Waals surface area contributed by atoms with Crippen LogP contribution in [0.1, 0.15) is 70.3 Å². The van der Waals surface area contributed by atoms with E-state index in [2.05, 4.69) is 11.9 Å². The molecule has 3 heterocycles. The van der Waals surface area contributed by atoms with Crippen LogP contribution in [0.25, 0.3) is 11.1 Å². The lowest BCUT2D eigenvalue weighted by Gasteiger charge is -2.14. The average molecular weight is 348 g/mol. The van der Waals surface area contributed by atoms with Crippen LogP contribution in [0.3, 0.4) is 0 Å². The van der Waals surface area contributed by atoms with Gasteiger partial charge in [0.25, 0.3) is 0 Å². The van der Waals surface area contributed by atoms with E-state index >= 15 is 0 Å². The maximum absolute atomic E-state index is 12.2. The van der Waals surface area contributed by atoms with Crippen molar-refractivity contribution in [2.45, 2.75) is 77.0 Å². The lowest BCUT2D eigenvalue weighted by molar-refractivity contribution is -0.0243. The Morgan fingerprint density at radius 3 is 2.80 bits per heavy atom. The van der Waals surface area contributed by atoms with Gasteiger partial charge in [-0.2, -0.15) is 4.98 Å². The molecule has 2 atom stereocenters. The van der Waals surface area contributed by atoms with E-state index in [1.54, 1.807) is 6.20 Å². The number of aliphatic hydroxyl groups is 1. The number of aromatic nitrogens is 2. The van der Waals surface area contributed by atoms with E-state index in [1.807, 2.05) is 6.07 Å². The van der Waals surface area contributed by atoms with E-state index in [0.717, 1.165) is 30.4 Å². The SMILES string of the molecule is CCCCCCCCc1cc2cn([C@H]3CC[C@@H](CO)O3)c(=O)nc2o1. The Balaban J connectivity index is 1.64. The standard InChI is InChI=1S/C19H28N2O4/c1-2-3-4-5-6-7-8-15-11-14-12-21(19(23)20-18(14)25-15)17-10-9-16(13-22)24-17/h11-12,16-17,22H,2-10,13H2,1H3/t16-,17+/m0/s1. The third kappa shape index (κ3) is 4.50. The minimum atomic E-state index is -0.364. The van der Waals surface area contributed by atoms with Crippen molar-refractivity contribution >= 4 is 11.1 Å². The van der Waals surface area contributed by atoms with E-state index in [0.29, 0.717) is 12.1 Å². The highest BCUT2D eigenvalue weighted by Crippen LogP contribution is 2.28. The van der Waals surface area contributed by atoms with Crippen molar-refractivity contribution in [2.24, 2.45) is 0 Å². The lowest BCUT2D eigenvalue weighted by Crippen LogP contribution is -2.27. The van der Waals surface area contributed by atoms with Gasteiger partial charge < -0.3 is 14.3 Å². The van der Waals surface area contributed by atoms with Crippen LogP contribution in [0, 0.1) is 0 Å². The molecule has 2 aromatic heterocycles. The summed E-state index contributed by atoms with van der Waals surface area (Å²) in [6.45, 7) is 2.20. The number of ether oxygens (including phenoxy) is 1. The minimum absolute atomic E-state index is 0.0188. The van der Waals surface area contributed by atoms with Gasteiger partial charge in [-0.3, -0.25) is 4.57 Å². The number of hydrogen-bond donors (Lipinski definition) is 1. The van der Waals surface area contributed by atoms with Crippen molar-refractivity contribution in [3.63, 3.8) is 0 Å². The highest BCUT2D eigenvalue weighted by molar-refractivity contribution is 5.72. The van der Waals surface area contributed by atoms with Crippen LogP contribution in [0.15, 0.2) is 21.5 Å². The smallest absolute Gasteiger partial charge is 0.353 e. The van der Waals surface area contributed by atoms with E-state index in [9.17, 15) is 9.90 Å². The first-order chi connectivity index (χ1) is 12.2. The Hall–Kier alpha value is -1.66. The summed E-state index contributed by atoms with van der Waals surface area (Å²) >= 11 is 0. The second-order valence-electron chi connectivity index (χ2n) is 6.89. The number of furan rings is 1. The van der Waals surface area contributed by atoms with Crippen LogP contribution in [-0.4, -0.2) is 27.4 Å². The molecule has 0 spiro atoms. The molecule has 1 N–H and O–H groups in total. The normalized spacial score (nSPS) is 20.6. The van der Waals surface area contributed by atoms with Crippen molar-refractivity contribution in [1.82, 2.24) is 9.55 Å². The zero-order valence-electron chi connectivity index (χ0n) is 14.9. The van der Waals surface area contributed by atoms with Crippen LogP contribution in [0.2, 0.25) is 0 Å². The van der Waals surface area contributed by atoms with E-state index < -0.39 is 0 Å². The van der Waals surface area contributed by atoms with Gasteiger partial charge in [-0.1, -0.05) is 39.0 Å². The minimum Gasteiger partial charge on any atom is -0.443 e. The van der Waals surface area contributed by atoms with Gasteiger partial charge in [0, 0.05) is 12.6 Å². The Morgan fingerprint density at radius 1 is 1.24 bits per heavy atom. The molecule has 0 bridgehead atoms. The lowest BCUT2D eigenvalue weighted by atomic mass is 10.1. The van der Waals surface area contributed by atoms with Crippen LogP contribution < -0.4 is 5.69 Å². The molecule has 6 heteroatoms. The van der Waals surface area contributed by atoms with E-state index in [1.165, 1.54) is 36.7 Å². The maximum Gasteiger partial charge on any atom is 0.353 e. The molecule has 2 aromatic rings. The first-order valence-electron chi connectivity index (χ1n) is 9.49. The topological polar surface area (TPSA) is 77.5 Å². The molecular formula is C19H28N2O4. The second-order valence-corrected chi connectivity index (χ2v) is 6.89. The van der Waals surface area contributed by atoms with Crippen LogP contribution in [0.4, 0.5) is 0 Å². The van der Waals surface area contributed by atoms with Crippen LogP contribution in [-0.2, 0) is 11.2 Å². The van der Waals surface area contributed by atoms with Crippen molar-refractivity contribution in [3.8, 4) is 0 Å². The van der Waals surface area contributed by atoms with Gasteiger partial charge in [0.15, 0.2) is 0 Å². The number of aryl methyl sites for hydroxylation is 1. The van der Waals surface area contributed by atoms with Crippen LogP contribution in [0.5, 0.6) is 0 Å². The van der Waals surface area contributed by atoms with Gasteiger partial charge in [0.2, 0.25) is 5.71 Å². The van der Waals surface area contributed by atoms with Gasteiger partial charge >= 0.3 is 5.69 Å². The first kappa shape index (κ1) is 18.1. The average Bonchev–Trinajstić information content (AvgIpc) is 3.23. The van der Waals surface area contributed by atoms with Crippen molar-refractivity contribution in [1.29, 1.82) is 0 Å². The molecule has 1 aliphatic rings. The fourth-order valence-corrected chi connectivity index (χ4v) is 3.41. The number of fused-ring (bicyclic) bond motifs is 1. The molecule has 6 nitrogen and oxygen atoms in total. The van der Waals surface area contributed by atoms with Gasteiger partial charge in [-0.25, -0.2) is 4.79 Å². The Labute approximate surface area is 147 Å². The van der Waals surface area contributed by atoms with Gasteiger partial charge in [0.05, 0.1) is 18.1 Å². The summed E-state index contributed by atoms with van der Waals surface area (Å²) in [5.74, 6) is 0.885. The summed E-state index contributed by atoms with van der Waals surface area (Å²) in [6, 6.07) is 1.97. The predicted molar refractivity (Wildman–Crippen MR) is 95.6 cm³/mol. The molecule has 1 fully saturated rings. The van der Waals surface area contributed by atoms with E-state index in [-0.39, 0.29) is 24.6 Å². The third-order valence-corrected chi connectivity index (χ3v) is 4.86. The highest BCUT2D eigenvalue weighted by Gasteiger charge is 2.27. The monoisotopic (exact) mass is 348 g/mol. The molecule has 138 valence electrons. The van der Waals surface area contributed by atoms with Gasteiger partial charge in [-0.05, 0) is 25.3 Å². The summed E-state index contributed by atoms with van der Waals surface area (Å²) in [5, 5.41) is 10.0. The quantitative estimate of drug-likeness (QED) is 0.701. The zero-order valence-corrected chi connectivity index (χ0v) is 14.9. The number of rotatable bonds is 9. The van der Waals surface area contributed by atoms with Gasteiger partial charge in [0.1, 0.15) is 12.0 Å². The number of nitrogens with zero attached hydrogens (tertiary/aromatic N) is 2. The number of aliphatic hydroxyl groups excluding tert-OH is 1. The molecule has 0 saturated carbocycles. The first-order valence-corrected chi connectivity index (χ1v) is 9.49. The summed E-state index contributed by atoms with van der Waals surface area (Å²) < 4.78 is 12.9. The van der Waals surface area contributed by atoms with Crippen molar-refractivity contribution in [3.05, 3.63) is 28.5 Å². The summed E-state index contributed by atoms with van der Waals surface area (Å²) in [7, 11) is 0. The number of hydrogen-bond acceptors (Lipinski definition) is 5. The molecule has 3 rings (SSSR count). The molecule has 1 aliphatic heterocycles. The second kappa shape index (κ2) is 8.63. The molecule has 25 heavy (non-hydrogen) atoms. The summed E-state index contributed by atoms with van der Waals surface area (Å²) in [4.78, 5) is 16.3. The number of unbranched alkanes of at least 4 members (excludes halogenated alkanes) is 5. The fraction of sp³-hybridized carbons (Fsp3) is 0.684. The molecule has 0 radical (unpaired) electrons. The third-order valence-electron chi connectivity index (χ3n) is 4.86. The van der Waals surface area contributed by atoms with Crippen LogP contribution >= 0.6 is 0 Å². The summed E-state index contributed by atoms with van der Waals surface area (Å²) in [6.07, 6.45) is 11.0. The Morgan fingerprint density at radius 2 is 2.04 bits per heavy atom. The Bertz CT molecular complexity index is 737. The molecule has 0 amide bonds. The largest absolute Gasteiger partial charge is 0.443 e. The highest BCUT2D eigenvalue weighted by atomic mass is 16.5. The predicted octanol–water partition coefficient (Wildman–Crippen LogP) is 3.56. The van der Waals surface area contributed by atoms with Crippen molar-refractivity contribution in [2.75, 3.05) is 6.61 Å². The molecule has 0 aliphatic carbocycles. The van der Waals surface area contributed by atoms with Gasteiger partial charge in [-0.15, -0.1) is 0 Å². The molecule has 1 saturated heterocycles. The molecule has 0 aromatic carbocycles. The maximum atomic E-state index is 12.2. The van der Waals surface area contributed by atoms with E-state index in [4.69, 9.17) is 9.15 Å². The van der Waals surface area contributed by atoms with Crippen molar-refractivity contribution < 1.29 is 14.3 Å². The summed E-state index contributed by atoms with van der Waals surface area (Å²) in [5.41, 5.74) is 0.0375. The fourth-order valence-electron chi connectivity index (χ4n) is 3.41. The molecular weight excluding hydrogens is 320 g/mol. The zero-order chi connectivity index (χ0) is 17.6. The molecule has 0 unspecified atom stereocenters. The Kier molecular flexibility index (Phi) is 6.26.